The van der Waals surface area contributed by atoms with Gasteiger partial charge < -0.3 is 0 Å². The van der Waals surface area contributed by atoms with Crippen LogP contribution in [0.3, 0.4) is 0 Å². The lowest BCUT2D eigenvalue weighted by atomic mass is 10.1. The van der Waals surface area contributed by atoms with Gasteiger partial charge in [-0.15, -0.1) is 0 Å². The number of fused-ring (bicyclic) bond motifs is 1. The minimum atomic E-state index is 1.05. The van der Waals surface area contributed by atoms with E-state index in [2.05, 4.69) is 57.5 Å². The van der Waals surface area contributed by atoms with Crippen molar-refractivity contribution in [3.63, 3.8) is 0 Å². The summed E-state index contributed by atoms with van der Waals surface area (Å²) in [7, 11) is 0. The summed E-state index contributed by atoms with van der Waals surface area (Å²) < 4.78 is 3.42. The largest absolute Gasteiger partial charge is 0.265 e. The van der Waals surface area contributed by atoms with E-state index in [1.54, 1.807) is 0 Å². The number of aryl methyl sites for hydroxylation is 1. The molecule has 0 fully saturated rings. The summed E-state index contributed by atoms with van der Waals surface area (Å²) in [6.45, 7) is 3.30. The zero-order valence-electron chi connectivity index (χ0n) is 10.3. The standard InChI is InChI=1S/C14H19IN2/c1-2-3-4-5-6-9-17-14-10-13(15)8-7-12(14)11-16-17/h7-8,10-11H,2-6,9H2,1H3. The number of aromatic nitrogens is 2. The van der Waals surface area contributed by atoms with Crippen molar-refractivity contribution in [2.45, 2.75) is 45.6 Å². The molecule has 1 aromatic heterocycles. The van der Waals surface area contributed by atoms with E-state index in [9.17, 15) is 0 Å². The molecule has 0 radical (unpaired) electrons. The molecule has 3 heteroatoms. The fraction of sp³-hybridized carbons (Fsp3) is 0.500. The number of nitrogens with zero attached hydrogens (tertiary/aromatic N) is 2. The second-order valence-electron chi connectivity index (χ2n) is 4.49. The van der Waals surface area contributed by atoms with Gasteiger partial charge in [-0.2, -0.15) is 5.10 Å². The fourth-order valence-electron chi connectivity index (χ4n) is 2.09. The Bertz CT molecular complexity index is 476. The zero-order chi connectivity index (χ0) is 12.1. The molecule has 0 amide bonds. The van der Waals surface area contributed by atoms with Crippen LogP contribution in [0.25, 0.3) is 10.9 Å². The van der Waals surface area contributed by atoms with Crippen LogP contribution in [0, 0.1) is 3.57 Å². The summed E-state index contributed by atoms with van der Waals surface area (Å²) in [6.07, 6.45) is 8.55. The minimum Gasteiger partial charge on any atom is -0.265 e. The van der Waals surface area contributed by atoms with Crippen LogP contribution in [0.15, 0.2) is 24.4 Å². The number of halogens is 1. The smallest absolute Gasteiger partial charge is 0.0692 e. The summed E-state index contributed by atoms with van der Waals surface area (Å²) in [5.41, 5.74) is 1.27. The Balaban J connectivity index is 1.96. The molecular weight excluding hydrogens is 323 g/mol. The Morgan fingerprint density at radius 1 is 1.18 bits per heavy atom. The maximum absolute atomic E-state index is 4.47. The highest BCUT2D eigenvalue weighted by Gasteiger charge is 2.02. The second kappa shape index (κ2) is 6.38. The fourth-order valence-corrected chi connectivity index (χ4v) is 2.56. The van der Waals surface area contributed by atoms with Crippen LogP contribution in [0.1, 0.15) is 39.0 Å². The normalized spacial score (nSPS) is 11.2. The molecule has 0 saturated heterocycles. The molecule has 92 valence electrons. The Morgan fingerprint density at radius 3 is 2.82 bits per heavy atom. The summed E-state index contributed by atoms with van der Waals surface area (Å²) in [4.78, 5) is 0. The minimum absolute atomic E-state index is 1.05. The van der Waals surface area contributed by atoms with Crippen molar-refractivity contribution >= 4 is 33.5 Å². The van der Waals surface area contributed by atoms with E-state index < -0.39 is 0 Å². The van der Waals surface area contributed by atoms with Crippen molar-refractivity contribution in [2.24, 2.45) is 0 Å². The van der Waals surface area contributed by atoms with Crippen molar-refractivity contribution in [2.75, 3.05) is 0 Å². The van der Waals surface area contributed by atoms with Crippen LogP contribution in [0.5, 0.6) is 0 Å². The van der Waals surface area contributed by atoms with E-state index in [1.165, 1.54) is 46.6 Å². The maximum atomic E-state index is 4.47. The lowest BCUT2D eigenvalue weighted by Crippen LogP contribution is -1.99. The predicted octanol–water partition coefficient (Wildman–Crippen LogP) is 4.61. The molecule has 0 unspecified atom stereocenters. The molecule has 0 aliphatic carbocycles. The van der Waals surface area contributed by atoms with E-state index in [0.29, 0.717) is 0 Å². The zero-order valence-corrected chi connectivity index (χ0v) is 12.5. The molecule has 0 aliphatic heterocycles. The number of benzene rings is 1. The van der Waals surface area contributed by atoms with Gasteiger partial charge in [-0.1, -0.05) is 38.7 Å². The van der Waals surface area contributed by atoms with E-state index in [0.717, 1.165) is 6.54 Å². The molecule has 0 aliphatic rings. The summed E-state index contributed by atoms with van der Waals surface area (Å²) in [5.74, 6) is 0. The van der Waals surface area contributed by atoms with Gasteiger partial charge in [0.1, 0.15) is 0 Å². The third-order valence-electron chi connectivity index (χ3n) is 3.08. The third kappa shape index (κ3) is 3.44. The highest BCUT2D eigenvalue weighted by molar-refractivity contribution is 14.1. The van der Waals surface area contributed by atoms with Crippen LogP contribution in [0.2, 0.25) is 0 Å². The van der Waals surface area contributed by atoms with Crippen LogP contribution < -0.4 is 0 Å². The highest BCUT2D eigenvalue weighted by atomic mass is 127. The van der Waals surface area contributed by atoms with E-state index in [1.807, 2.05) is 6.20 Å². The van der Waals surface area contributed by atoms with Crippen LogP contribution >= 0.6 is 22.6 Å². The first-order valence-corrected chi connectivity index (χ1v) is 7.50. The van der Waals surface area contributed by atoms with Gasteiger partial charge in [0.15, 0.2) is 0 Å². The Morgan fingerprint density at radius 2 is 2.00 bits per heavy atom. The van der Waals surface area contributed by atoms with Gasteiger partial charge in [0.2, 0.25) is 0 Å². The van der Waals surface area contributed by atoms with Gasteiger partial charge in [-0.3, -0.25) is 4.68 Å². The summed E-state index contributed by atoms with van der Waals surface area (Å²) in [6, 6.07) is 6.50. The topological polar surface area (TPSA) is 17.8 Å². The van der Waals surface area contributed by atoms with E-state index >= 15 is 0 Å². The summed E-state index contributed by atoms with van der Waals surface area (Å²) >= 11 is 2.36. The molecule has 0 atom stereocenters. The molecule has 0 saturated carbocycles. The quantitative estimate of drug-likeness (QED) is 0.554. The molecule has 2 nitrogen and oxygen atoms in total. The van der Waals surface area contributed by atoms with Crippen molar-refractivity contribution in [1.82, 2.24) is 9.78 Å². The average Bonchev–Trinajstić information content (AvgIpc) is 2.72. The van der Waals surface area contributed by atoms with Gasteiger partial charge in [0.05, 0.1) is 11.7 Å². The predicted molar refractivity (Wildman–Crippen MR) is 81.2 cm³/mol. The molecule has 0 bridgehead atoms. The lowest BCUT2D eigenvalue weighted by Gasteiger charge is -2.03. The molecule has 2 rings (SSSR count). The van der Waals surface area contributed by atoms with Crippen molar-refractivity contribution in [3.8, 4) is 0 Å². The molecular formula is C14H19IN2. The lowest BCUT2D eigenvalue weighted by molar-refractivity contribution is 0.544. The first-order valence-electron chi connectivity index (χ1n) is 6.42. The van der Waals surface area contributed by atoms with Gasteiger partial charge in [0.25, 0.3) is 0 Å². The Hall–Kier alpha value is -0.580. The van der Waals surface area contributed by atoms with E-state index in [4.69, 9.17) is 0 Å². The molecule has 1 aromatic carbocycles. The molecule has 17 heavy (non-hydrogen) atoms. The molecule has 1 heterocycles. The van der Waals surface area contributed by atoms with Crippen LogP contribution in [0.4, 0.5) is 0 Å². The van der Waals surface area contributed by atoms with Gasteiger partial charge >= 0.3 is 0 Å². The Labute approximate surface area is 117 Å². The van der Waals surface area contributed by atoms with E-state index in [-0.39, 0.29) is 0 Å². The third-order valence-corrected chi connectivity index (χ3v) is 3.75. The number of unbranched alkanes of at least 4 members (excludes halogenated alkanes) is 4. The van der Waals surface area contributed by atoms with Crippen LogP contribution in [-0.4, -0.2) is 9.78 Å². The number of rotatable bonds is 6. The first kappa shape index (κ1) is 12.9. The van der Waals surface area contributed by atoms with Gasteiger partial charge in [-0.25, -0.2) is 0 Å². The number of hydrogen-bond acceptors (Lipinski definition) is 1. The number of hydrogen-bond donors (Lipinski definition) is 0. The molecule has 0 spiro atoms. The average molecular weight is 342 g/mol. The first-order chi connectivity index (χ1) is 8.31. The summed E-state index contributed by atoms with van der Waals surface area (Å²) in [5, 5.41) is 5.72. The van der Waals surface area contributed by atoms with Crippen molar-refractivity contribution < 1.29 is 0 Å². The SMILES string of the molecule is CCCCCCCn1ncc2ccc(I)cc21. The van der Waals surface area contributed by atoms with Crippen molar-refractivity contribution in [1.29, 1.82) is 0 Å². The molecule has 0 N–H and O–H groups in total. The van der Waals surface area contributed by atoms with Gasteiger partial charge in [-0.05, 0) is 41.1 Å². The second-order valence-corrected chi connectivity index (χ2v) is 5.73. The monoisotopic (exact) mass is 342 g/mol. The molecule has 2 aromatic rings. The van der Waals surface area contributed by atoms with Crippen LogP contribution in [-0.2, 0) is 6.54 Å². The van der Waals surface area contributed by atoms with Crippen molar-refractivity contribution in [3.05, 3.63) is 28.0 Å². The Kier molecular flexibility index (Phi) is 4.83. The highest BCUT2D eigenvalue weighted by Crippen LogP contribution is 2.17. The van der Waals surface area contributed by atoms with Gasteiger partial charge in [0, 0.05) is 15.5 Å². The maximum Gasteiger partial charge on any atom is 0.0692 e.